The smallest absolute Gasteiger partial charge is 0.300 e. The molecule has 0 aliphatic carbocycles. The number of carboxylic acids is 2. The molecule has 0 fully saturated rings. The lowest BCUT2D eigenvalue weighted by Crippen LogP contribution is -2.50. The third-order valence-corrected chi connectivity index (χ3v) is 3.94. The molecule has 0 amide bonds. The Labute approximate surface area is 156 Å². The lowest BCUT2D eigenvalue weighted by Gasteiger charge is -2.39. The fourth-order valence-electron chi connectivity index (χ4n) is 2.64. The number of carboxylic acid groups (broad SMARTS) is 2. The second-order valence-corrected chi connectivity index (χ2v) is 6.66. The molecule has 0 aromatic carbocycles. The second kappa shape index (κ2) is 20.9. The molecule has 0 saturated carbocycles. The van der Waals surface area contributed by atoms with Gasteiger partial charge in [-0.1, -0.05) is 53.4 Å². The van der Waals surface area contributed by atoms with E-state index in [0.717, 1.165) is 13.8 Å². The molecule has 0 atom stereocenters. The van der Waals surface area contributed by atoms with Gasteiger partial charge in [0.05, 0.1) is 26.2 Å². The van der Waals surface area contributed by atoms with Crippen molar-refractivity contribution in [3.8, 4) is 0 Å². The van der Waals surface area contributed by atoms with Gasteiger partial charge in [-0.15, -0.1) is 0 Å². The highest BCUT2D eigenvalue weighted by molar-refractivity contribution is 5.63. The zero-order chi connectivity index (χ0) is 20.1. The number of hydrogen-bond donors (Lipinski definition) is 1. The standard InChI is InChI=1S/C16H36N.2C2H4O2/c1-5-9-13-17(14-10-6-2,15-11-7-3)16-12-8-4;2*1-2(3)4/h5-16H2,1-4H3;2*1H3,(H,3,4)/q+1;;/p-1. The number of hydrogen-bond acceptors (Lipinski definition) is 3. The van der Waals surface area contributed by atoms with Crippen LogP contribution in [0.15, 0.2) is 0 Å². The normalized spacial score (nSPS) is 10.2. The Bertz CT molecular complexity index is 249. The van der Waals surface area contributed by atoms with Crippen molar-refractivity contribution in [2.75, 3.05) is 26.2 Å². The highest BCUT2D eigenvalue weighted by Gasteiger charge is 2.24. The molecular formula is C20H43NO4. The molecule has 0 bridgehead atoms. The molecule has 0 radical (unpaired) electrons. The lowest BCUT2D eigenvalue weighted by molar-refractivity contribution is -0.929. The second-order valence-electron chi connectivity index (χ2n) is 6.66. The van der Waals surface area contributed by atoms with Crippen LogP contribution in [0, 0.1) is 0 Å². The average molecular weight is 362 g/mol. The summed E-state index contributed by atoms with van der Waals surface area (Å²) in [4.78, 5) is 17.9. The molecule has 152 valence electrons. The number of rotatable bonds is 12. The van der Waals surface area contributed by atoms with E-state index in [-0.39, 0.29) is 0 Å². The number of unbranched alkanes of at least 4 members (excludes halogenated alkanes) is 4. The van der Waals surface area contributed by atoms with Gasteiger partial charge in [-0.2, -0.15) is 0 Å². The molecule has 0 aromatic heterocycles. The van der Waals surface area contributed by atoms with Crippen LogP contribution in [0.5, 0.6) is 0 Å². The van der Waals surface area contributed by atoms with E-state index in [1.54, 1.807) is 0 Å². The maximum atomic E-state index is 9.00. The van der Waals surface area contributed by atoms with E-state index >= 15 is 0 Å². The van der Waals surface area contributed by atoms with E-state index in [9.17, 15) is 0 Å². The zero-order valence-electron chi connectivity index (χ0n) is 17.6. The summed E-state index contributed by atoms with van der Waals surface area (Å²) in [5.41, 5.74) is 0. The third kappa shape index (κ3) is 28.0. The van der Waals surface area contributed by atoms with Crippen LogP contribution in [0.25, 0.3) is 0 Å². The van der Waals surface area contributed by atoms with Gasteiger partial charge in [-0.25, -0.2) is 0 Å². The first kappa shape index (κ1) is 28.7. The van der Waals surface area contributed by atoms with Gasteiger partial charge in [0.25, 0.3) is 5.97 Å². The first-order chi connectivity index (χ1) is 11.7. The topological polar surface area (TPSA) is 77.4 Å². The van der Waals surface area contributed by atoms with Crippen LogP contribution in [0.4, 0.5) is 0 Å². The van der Waals surface area contributed by atoms with Gasteiger partial charge in [-0.3, -0.25) is 4.79 Å². The average Bonchev–Trinajstić information content (AvgIpc) is 2.52. The molecule has 1 N–H and O–H groups in total. The molecule has 0 rings (SSSR count). The van der Waals surface area contributed by atoms with Gasteiger partial charge >= 0.3 is 0 Å². The van der Waals surface area contributed by atoms with E-state index in [1.165, 1.54) is 82.0 Å². The number of carbonyl (C=O) groups excluding carboxylic acids is 1. The summed E-state index contributed by atoms with van der Waals surface area (Å²) < 4.78 is 1.42. The maximum Gasteiger partial charge on any atom is 0.300 e. The van der Waals surface area contributed by atoms with E-state index in [1.807, 2.05) is 0 Å². The van der Waals surface area contributed by atoms with Gasteiger partial charge in [0.1, 0.15) is 0 Å². The number of quaternary nitrogens is 1. The molecule has 0 aliphatic rings. The third-order valence-electron chi connectivity index (χ3n) is 3.94. The predicted octanol–water partition coefficient (Wildman–Crippen LogP) is 3.85. The summed E-state index contributed by atoms with van der Waals surface area (Å²) in [6, 6.07) is 0. The molecule has 0 spiro atoms. The Kier molecular flexibility index (Phi) is 24.0. The molecule has 0 saturated heterocycles. The first-order valence-corrected chi connectivity index (χ1v) is 9.93. The molecule has 0 heterocycles. The van der Waals surface area contributed by atoms with Crippen molar-refractivity contribution >= 4 is 11.9 Å². The lowest BCUT2D eigenvalue weighted by atomic mass is 10.1. The molecule has 5 nitrogen and oxygen atoms in total. The zero-order valence-corrected chi connectivity index (χ0v) is 17.6. The van der Waals surface area contributed by atoms with Gasteiger partial charge in [0, 0.05) is 12.9 Å². The van der Waals surface area contributed by atoms with Gasteiger partial charge in [0.2, 0.25) is 0 Å². The van der Waals surface area contributed by atoms with Gasteiger partial charge in [0.15, 0.2) is 0 Å². The van der Waals surface area contributed by atoms with E-state index < -0.39 is 11.9 Å². The van der Waals surface area contributed by atoms with Crippen LogP contribution in [0.3, 0.4) is 0 Å². The highest BCUT2D eigenvalue weighted by Crippen LogP contribution is 2.16. The minimum absolute atomic E-state index is 0.833. The van der Waals surface area contributed by atoms with Crippen molar-refractivity contribution in [1.29, 1.82) is 0 Å². The minimum atomic E-state index is -1.08. The summed E-state index contributed by atoms with van der Waals surface area (Å²) in [7, 11) is 0. The van der Waals surface area contributed by atoms with Crippen molar-refractivity contribution < 1.29 is 24.3 Å². The molecule has 0 unspecified atom stereocenters. The van der Waals surface area contributed by atoms with Crippen molar-refractivity contribution in [2.45, 2.75) is 92.9 Å². The summed E-state index contributed by atoms with van der Waals surface area (Å²) in [6.45, 7) is 17.1. The fraction of sp³-hybridized carbons (Fsp3) is 0.900. The minimum Gasteiger partial charge on any atom is -0.550 e. The molecule has 0 aliphatic heterocycles. The number of carbonyl (C=O) groups is 2. The van der Waals surface area contributed by atoms with Crippen molar-refractivity contribution in [3.05, 3.63) is 0 Å². The monoisotopic (exact) mass is 361 g/mol. The van der Waals surface area contributed by atoms with Crippen molar-refractivity contribution in [3.63, 3.8) is 0 Å². The van der Waals surface area contributed by atoms with Crippen LogP contribution >= 0.6 is 0 Å². The Hall–Kier alpha value is -1.10. The maximum absolute atomic E-state index is 9.00. The van der Waals surface area contributed by atoms with Crippen LogP contribution in [-0.4, -0.2) is 47.7 Å². The summed E-state index contributed by atoms with van der Waals surface area (Å²) >= 11 is 0. The van der Waals surface area contributed by atoms with E-state index in [0.29, 0.717) is 0 Å². The Balaban J connectivity index is -0.000000503. The summed E-state index contributed by atoms with van der Waals surface area (Å²) in [6.07, 6.45) is 11.1. The van der Waals surface area contributed by atoms with Crippen LogP contribution in [0.1, 0.15) is 92.9 Å². The van der Waals surface area contributed by atoms with E-state index in [4.69, 9.17) is 19.8 Å². The highest BCUT2D eigenvalue weighted by atomic mass is 16.4. The Morgan fingerprint density at radius 1 is 0.720 bits per heavy atom. The van der Waals surface area contributed by atoms with Crippen molar-refractivity contribution in [1.82, 2.24) is 0 Å². The molecule has 25 heavy (non-hydrogen) atoms. The van der Waals surface area contributed by atoms with E-state index in [2.05, 4.69) is 27.7 Å². The quantitative estimate of drug-likeness (QED) is 0.536. The predicted molar refractivity (Wildman–Crippen MR) is 103 cm³/mol. The number of aliphatic carboxylic acids is 2. The van der Waals surface area contributed by atoms with Crippen LogP contribution in [-0.2, 0) is 9.59 Å². The summed E-state index contributed by atoms with van der Waals surface area (Å²) in [5, 5.41) is 16.3. The number of nitrogens with zero attached hydrogens (tertiary/aromatic N) is 1. The van der Waals surface area contributed by atoms with Crippen LogP contribution < -0.4 is 5.11 Å². The van der Waals surface area contributed by atoms with Crippen LogP contribution in [0.2, 0.25) is 0 Å². The van der Waals surface area contributed by atoms with Crippen molar-refractivity contribution in [2.24, 2.45) is 0 Å². The van der Waals surface area contributed by atoms with Gasteiger partial charge in [-0.05, 0) is 32.6 Å². The first-order valence-electron chi connectivity index (χ1n) is 9.93. The molecular weight excluding hydrogens is 318 g/mol. The largest absolute Gasteiger partial charge is 0.550 e. The Morgan fingerprint density at radius 3 is 1.00 bits per heavy atom. The molecule has 5 heteroatoms. The summed E-state index contributed by atoms with van der Waals surface area (Å²) in [5.74, 6) is -1.92. The Morgan fingerprint density at radius 2 is 0.880 bits per heavy atom. The SMILES string of the molecule is CC(=O)O.CC(=O)[O-].CCCC[N+](CCCC)(CCCC)CCCC. The van der Waals surface area contributed by atoms with Gasteiger partial charge < -0.3 is 19.5 Å². The fourth-order valence-corrected chi connectivity index (χ4v) is 2.64. The molecule has 0 aromatic rings.